The number of alkyl halides is 2. The van der Waals surface area contributed by atoms with Gasteiger partial charge in [-0.3, -0.25) is 14.7 Å². The first-order valence-electron chi connectivity index (χ1n) is 15.5. The molecule has 47 heavy (non-hydrogen) atoms. The van der Waals surface area contributed by atoms with Crippen LogP contribution in [0.15, 0.2) is 36.5 Å². The molecule has 7 rings (SSSR count). The fraction of sp³-hybridized carbons (Fsp3) is 0.412. The van der Waals surface area contributed by atoms with Gasteiger partial charge in [0, 0.05) is 56.3 Å². The Kier molecular flexibility index (Phi) is 8.53. The molecule has 4 aromatic rings. The highest BCUT2D eigenvalue weighted by molar-refractivity contribution is 6.36. The molecule has 0 spiro atoms. The van der Waals surface area contributed by atoms with Crippen LogP contribution in [0.5, 0.6) is 6.01 Å². The summed E-state index contributed by atoms with van der Waals surface area (Å²) in [5.74, 6) is 3.87. The van der Waals surface area contributed by atoms with Gasteiger partial charge in [0.2, 0.25) is 0 Å². The van der Waals surface area contributed by atoms with Crippen LogP contribution in [0.4, 0.5) is 19.0 Å². The number of fused-ring (bicyclic) bond motifs is 3. The highest BCUT2D eigenvalue weighted by Crippen LogP contribution is 2.41. The van der Waals surface area contributed by atoms with Gasteiger partial charge in [0.15, 0.2) is 5.82 Å². The van der Waals surface area contributed by atoms with E-state index in [9.17, 15) is 13.6 Å². The molecule has 1 amide bonds. The number of rotatable bonds is 6. The van der Waals surface area contributed by atoms with Crippen LogP contribution in [-0.2, 0) is 4.79 Å². The summed E-state index contributed by atoms with van der Waals surface area (Å²) in [6.07, 6.45) is 3.24. The van der Waals surface area contributed by atoms with E-state index in [2.05, 4.69) is 26.7 Å². The van der Waals surface area contributed by atoms with Gasteiger partial charge in [-0.15, -0.1) is 11.6 Å². The van der Waals surface area contributed by atoms with E-state index >= 15 is 4.39 Å². The number of anilines is 1. The Morgan fingerprint density at radius 3 is 2.87 bits per heavy atom. The van der Waals surface area contributed by atoms with E-state index in [0.717, 1.165) is 19.4 Å². The average Bonchev–Trinajstić information content (AvgIpc) is 3.79. The highest BCUT2D eigenvalue weighted by Gasteiger charge is 2.49. The molecule has 0 unspecified atom stereocenters. The number of amides is 1. The number of likely N-dealkylation sites (tertiary alicyclic amines) is 1. The summed E-state index contributed by atoms with van der Waals surface area (Å²) in [4.78, 5) is 31.9. The summed E-state index contributed by atoms with van der Waals surface area (Å²) in [6, 6.07) is 7.74. The Bertz CT molecular complexity index is 1950. The number of benzene rings is 2. The molecule has 3 saturated heterocycles. The summed E-state index contributed by atoms with van der Waals surface area (Å²) in [5.41, 5.74) is -0.251. The van der Waals surface area contributed by atoms with E-state index in [1.165, 1.54) is 12.3 Å². The number of hydrogen-bond donors (Lipinski definition) is 0. The highest BCUT2D eigenvalue weighted by atomic mass is 35.5. The van der Waals surface area contributed by atoms with E-state index < -0.39 is 23.3 Å². The van der Waals surface area contributed by atoms with Crippen molar-refractivity contribution in [2.75, 3.05) is 50.6 Å². The molecule has 0 saturated carbocycles. The molecule has 13 heteroatoms. The lowest BCUT2D eigenvalue weighted by Gasteiger charge is -2.31. The molecule has 2 aromatic heterocycles. The second-order valence-electron chi connectivity index (χ2n) is 12.4. The monoisotopic (exact) mass is 682 g/mol. The standard InChI is InChI=1S/C34H31Cl2F3N6O2/c1-43(22-10-14-44(18-22)26(46)7-3-12-35)32-24-16-40-30(23-6-2-5-20-8-9-25(38)28(36)27(20)23)29(39)31(24)41-33(42-32)47-19-34-11-4-13-45(34)17-21(37)15-34/h2,5-6,8-9,16,21-22H,4,10-15,17-19H2,1H3/t21-,22-,34+/m1/s1. The quantitative estimate of drug-likeness (QED) is 0.182. The maximum absolute atomic E-state index is 16.7. The Morgan fingerprint density at radius 1 is 1.19 bits per heavy atom. The lowest BCUT2D eigenvalue weighted by Crippen LogP contribution is -2.43. The molecule has 3 atom stereocenters. The van der Waals surface area contributed by atoms with Crippen molar-refractivity contribution in [3.05, 3.63) is 53.2 Å². The molecule has 3 fully saturated rings. The van der Waals surface area contributed by atoms with Crippen molar-refractivity contribution in [3.63, 3.8) is 0 Å². The third kappa shape index (κ3) is 5.70. The summed E-state index contributed by atoms with van der Waals surface area (Å²) in [6.45, 7) is 2.16. The average molecular weight is 684 g/mol. The van der Waals surface area contributed by atoms with Crippen molar-refractivity contribution in [1.82, 2.24) is 24.8 Å². The number of nitrogens with zero attached hydrogens (tertiary/aromatic N) is 6. The van der Waals surface area contributed by atoms with Gasteiger partial charge >= 0.3 is 6.01 Å². The summed E-state index contributed by atoms with van der Waals surface area (Å²) in [5, 5.41) is 1.15. The SMILES string of the molecule is CN(c1nc(OC[C@@]23CCCN2C[C@H](F)C3)nc2c(F)c(-c3cccc4ccc(F)c(Cl)c34)ncc12)[C@@H]1CCN(C(=O)C#CCCl)C1. The molecule has 5 heterocycles. The normalized spacial score (nSPS) is 22.5. The first kappa shape index (κ1) is 31.7. The van der Waals surface area contributed by atoms with E-state index in [4.69, 9.17) is 32.9 Å². The third-order valence-electron chi connectivity index (χ3n) is 9.66. The fourth-order valence-corrected chi connectivity index (χ4v) is 7.64. The maximum Gasteiger partial charge on any atom is 0.319 e. The minimum Gasteiger partial charge on any atom is -0.461 e. The topological polar surface area (TPSA) is 74.7 Å². The molecule has 0 radical (unpaired) electrons. The van der Waals surface area contributed by atoms with E-state index in [1.54, 1.807) is 29.2 Å². The molecular formula is C34H31Cl2F3N6O2. The van der Waals surface area contributed by atoms with Crippen molar-refractivity contribution in [1.29, 1.82) is 0 Å². The lowest BCUT2D eigenvalue weighted by molar-refractivity contribution is -0.124. The van der Waals surface area contributed by atoms with E-state index in [0.29, 0.717) is 60.0 Å². The molecule has 8 nitrogen and oxygen atoms in total. The van der Waals surface area contributed by atoms with Crippen LogP contribution in [0.3, 0.4) is 0 Å². The Balaban J connectivity index is 1.31. The van der Waals surface area contributed by atoms with Gasteiger partial charge in [0.25, 0.3) is 5.91 Å². The van der Waals surface area contributed by atoms with Gasteiger partial charge in [-0.25, -0.2) is 13.2 Å². The van der Waals surface area contributed by atoms with E-state index in [1.807, 2.05) is 11.9 Å². The molecule has 0 N–H and O–H groups in total. The number of carbonyl (C=O) groups excluding carboxylic acids is 1. The number of carbonyl (C=O) groups is 1. The summed E-state index contributed by atoms with van der Waals surface area (Å²) in [7, 11) is 1.82. The summed E-state index contributed by atoms with van der Waals surface area (Å²) >= 11 is 12.0. The zero-order valence-corrected chi connectivity index (χ0v) is 27.1. The zero-order valence-electron chi connectivity index (χ0n) is 25.6. The Labute approximate surface area is 279 Å². The van der Waals surface area contributed by atoms with Crippen molar-refractivity contribution in [2.24, 2.45) is 0 Å². The molecule has 2 aromatic carbocycles. The molecule has 0 bridgehead atoms. The second-order valence-corrected chi connectivity index (χ2v) is 13.0. The van der Waals surface area contributed by atoms with Gasteiger partial charge < -0.3 is 14.5 Å². The van der Waals surface area contributed by atoms with Gasteiger partial charge in [-0.1, -0.05) is 41.8 Å². The molecule has 244 valence electrons. The van der Waals surface area contributed by atoms with Crippen LogP contribution in [0, 0.1) is 23.5 Å². The Morgan fingerprint density at radius 2 is 2.04 bits per heavy atom. The van der Waals surface area contributed by atoms with Crippen molar-refractivity contribution in [2.45, 2.75) is 43.4 Å². The van der Waals surface area contributed by atoms with Gasteiger partial charge in [0.05, 0.1) is 21.8 Å². The molecule has 3 aliphatic heterocycles. The van der Waals surface area contributed by atoms with Gasteiger partial charge in [0.1, 0.15) is 35.6 Å². The van der Waals surface area contributed by atoms with Crippen LogP contribution in [0.25, 0.3) is 32.9 Å². The number of hydrogen-bond acceptors (Lipinski definition) is 7. The number of halogens is 5. The second kappa shape index (κ2) is 12.6. The van der Waals surface area contributed by atoms with Gasteiger partial charge in [-0.05, 0) is 43.2 Å². The van der Waals surface area contributed by atoms with Crippen LogP contribution in [0.1, 0.15) is 25.7 Å². The van der Waals surface area contributed by atoms with Crippen LogP contribution >= 0.6 is 23.2 Å². The predicted molar refractivity (Wildman–Crippen MR) is 176 cm³/mol. The van der Waals surface area contributed by atoms with E-state index in [-0.39, 0.29) is 46.7 Å². The summed E-state index contributed by atoms with van der Waals surface area (Å²) < 4.78 is 51.9. The minimum absolute atomic E-state index is 0.0409. The largest absolute Gasteiger partial charge is 0.461 e. The number of ether oxygens (including phenoxy) is 1. The number of pyridine rings is 1. The van der Waals surface area contributed by atoms with Crippen LogP contribution in [-0.4, -0.2) is 94.1 Å². The third-order valence-corrected chi connectivity index (χ3v) is 10.2. The fourth-order valence-electron chi connectivity index (χ4n) is 7.30. The molecule has 0 aliphatic carbocycles. The predicted octanol–water partition coefficient (Wildman–Crippen LogP) is 6.01. The number of likely N-dealkylation sites (N-methyl/N-ethyl adjacent to an activating group) is 1. The number of aromatic nitrogens is 3. The van der Waals surface area contributed by atoms with Gasteiger partial charge in [-0.2, -0.15) is 9.97 Å². The first-order chi connectivity index (χ1) is 22.7. The van der Waals surface area contributed by atoms with Crippen molar-refractivity contribution < 1.29 is 22.7 Å². The van der Waals surface area contributed by atoms with Crippen molar-refractivity contribution >= 4 is 56.6 Å². The first-order valence-corrected chi connectivity index (χ1v) is 16.4. The minimum atomic E-state index is -0.941. The van der Waals surface area contributed by atoms with Crippen LogP contribution in [0.2, 0.25) is 5.02 Å². The van der Waals surface area contributed by atoms with Crippen LogP contribution < -0.4 is 9.64 Å². The lowest BCUT2D eigenvalue weighted by atomic mass is 9.95. The maximum atomic E-state index is 16.7. The smallest absolute Gasteiger partial charge is 0.319 e. The van der Waals surface area contributed by atoms with Crippen molar-refractivity contribution in [3.8, 4) is 29.1 Å². The molecular weight excluding hydrogens is 652 g/mol. The zero-order chi connectivity index (χ0) is 32.9. The Hall–Kier alpha value is -3.85. The molecule has 3 aliphatic rings.